The maximum absolute atomic E-state index is 11.4. The van der Waals surface area contributed by atoms with Crippen LogP contribution in [-0.2, 0) is 16.1 Å². The first-order chi connectivity index (χ1) is 8.54. The first-order valence-corrected chi connectivity index (χ1v) is 5.41. The number of nitrogens with one attached hydrogen (secondary N) is 1. The molecule has 0 bridgehead atoms. The zero-order chi connectivity index (χ0) is 13.5. The summed E-state index contributed by atoms with van der Waals surface area (Å²) in [4.78, 5) is 21.9. The quantitative estimate of drug-likeness (QED) is 0.667. The van der Waals surface area contributed by atoms with E-state index in [2.05, 4.69) is 5.32 Å². The Morgan fingerprint density at radius 1 is 1.44 bits per heavy atom. The molecule has 0 aromatic heterocycles. The van der Waals surface area contributed by atoms with Crippen molar-refractivity contribution in [1.29, 1.82) is 0 Å². The van der Waals surface area contributed by atoms with E-state index >= 15 is 0 Å². The van der Waals surface area contributed by atoms with E-state index in [-0.39, 0.29) is 13.0 Å². The Bertz CT molecular complexity index is 434. The average molecular weight is 252 g/mol. The first kappa shape index (κ1) is 14.0. The molecule has 0 fully saturated rings. The molecule has 0 saturated heterocycles. The van der Waals surface area contributed by atoms with Crippen LogP contribution in [0.2, 0.25) is 0 Å². The highest BCUT2D eigenvalue weighted by molar-refractivity contribution is 5.84. The minimum absolute atomic E-state index is 0.246. The summed E-state index contributed by atoms with van der Waals surface area (Å²) in [6.07, 6.45) is -0.246. The molecule has 6 nitrogen and oxygen atoms in total. The number of rotatable bonds is 6. The number of hydrogen-bond acceptors (Lipinski definition) is 4. The smallest absolute Gasteiger partial charge is 0.321 e. The lowest BCUT2D eigenvalue weighted by Gasteiger charge is -2.10. The number of para-hydroxylation sites is 1. The maximum Gasteiger partial charge on any atom is 0.321 e. The van der Waals surface area contributed by atoms with Crippen molar-refractivity contribution in [3.8, 4) is 5.75 Å². The summed E-state index contributed by atoms with van der Waals surface area (Å²) < 4.78 is 5.13. The fourth-order valence-corrected chi connectivity index (χ4v) is 1.40. The molecule has 1 rings (SSSR count). The maximum atomic E-state index is 11.4. The Labute approximate surface area is 105 Å². The monoisotopic (exact) mass is 252 g/mol. The van der Waals surface area contributed by atoms with Gasteiger partial charge >= 0.3 is 5.97 Å². The van der Waals surface area contributed by atoms with Crippen molar-refractivity contribution < 1.29 is 19.4 Å². The number of aliphatic carboxylic acids is 1. The predicted molar refractivity (Wildman–Crippen MR) is 65.1 cm³/mol. The second-order valence-electron chi connectivity index (χ2n) is 3.74. The summed E-state index contributed by atoms with van der Waals surface area (Å²) in [5, 5.41) is 11.2. The fourth-order valence-electron chi connectivity index (χ4n) is 1.40. The number of ether oxygens (including phenoxy) is 1. The third-order valence-electron chi connectivity index (χ3n) is 2.39. The molecule has 1 aromatic carbocycles. The van der Waals surface area contributed by atoms with E-state index in [1.165, 1.54) is 0 Å². The number of hydrogen-bond donors (Lipinski definition) is 3. The lowest BCUT2D eigenvalue weighted by molar-refractivity contribution is -0.140. The van der Waals surface area contributed by atoms with Gasteiger partial charge in [0, 0.05) is 12.1 Å². The number of nitrogens with two attached hydrogens (primary N) is 1. The molecule has 1 atom stereocenters. The second kappa shape index (κ2) is 6.61. The van der Waals surface area contributed by atoms with Crippen LogP contribution in [0.3, 0.4) is 0 Å². The highest BCUT2D eigenvalue weighted by Gasteiger charge is 2.16. The molecule has 98 valence electrons. The normalized spacial score (nSPS) is 11.7. The van der Waals surface area contributed by atoms with Gasteiger partial charge in [0.05, 0.1) is 13.5 Å². The summed E-state index contributed by atoms with van der Waals surface area (Å²) >= 11 is 0. The van der Waals surface area contributed by atoms with Crippen LogP contribution in [0.5, 0.6) is 5.75 Å². The van der Waals surface area contributed by atoms with Gasteiger partial charge in [0.1, 0.15) is 11.8 Å². The van der Waals surface area contributed by atoms with Gasteiger partial charge in [0.2, 0.25) is 5.91 Å². The van der Waals surface area contributed by atoms with E-state index in [9.17, 15) is 9.59 Å². The van der Waals surface area contributed by atoms with E-state index in [0.717, 1.165) is 5.56 Å². The molecule has 0 spiro atoms. The summed E-state index contributed by atoms with van der Waals surface area (Å²) in [5.74, 6) is -0.932. The summed E-state index contributed by atoms with van der Waals surface area (Å²) in [6.45, 7) is 0.273. The molecule has 0 heterocycles. The van der Waals surface area contributed by atoms with E-state index in [4.69, 9.17) is 15.6 Å². The molecule has 1 aromatic rings. The zero-order valence-electron chi connectivity index (χ0n) is 10.1. The predicted octanol–water partition coefficient (Wildman–Crippen LogP) is 0.113. The average Bonchev–Trinajstić information content (AvgIpc) is 2.36. The second-order valence-corrected chi connectivity index (χ2v) is 3.74. The lowest BCUT2D eigenvalue weighted by atomic mass is 10.2. The molecule has 6 heteroatoms. The van der Waals surface area contributed by atoms with E-state index in [0.29, 0.717) is 5.75 Å². The van der Waals surface area contributed by atoms with Crippen LogP contribution in [-0.4, -0.2) is 30.1 Å². The van der Waals surface area contributed by atoms with Crippen molar-refractivity contribution >= 4 is 11.9 Å². The Balaban J connectivity index is 2.50. The number of carbonyl (C=O) groups is 2. The molecular weight excluding hydrogens is 236 g/mol. The van der Waals surface area contributed by atoms with Crippen molar-refractivity contribution in [3.05, 3.63) is 29.8 Å². The Hall–Kier alpha value is -2.08. The first-order valence-electron chi connectivity index (χ1n) is 5.41. The van der Waals surface area contributed by atoms with Crippen LogP contribution in [0, 0.1) is 0 Å². The molecule has 0 aliphatic carbocycles. The Morgan fingerprint density at radius 3 is 2.72 bits per heavy atom. The van der Waals surface area contributed by atoms with Crippen LogP contribution in [0.25, 0.3) is 0 Å². The third kappa shape index (κ3) is 4.06. The van der Waals surface area contributed by atoms with E-state index < -0.39 is 17.9 Å². The molecule has 0 unspecified atom stereocenters. The number of amides is 1. The van der Waals surface area contributed by atoms with Gasteiger partial charge in [-0.25, -0.2) is 0 Å². The van der Waals surface area contributed by atoms with Crippen molar-refractivity contribution in [3.63, 3.8) is 0 Å². The number of benzene rings is 1. The number of methoxy groups -OCH3 is 1. The van der Waals surface area contributed by atoms with Crippen LogP contribution >= 0.6 is 0 Å². The molecule has 0 radical (unpaired) electrons. The van der Waals surface area contributed by atoms with Crippen LogP contribution in [0.4, 0.5) is 0 Å². The SMILES string of the molecule is COc1ccccc1CNC(=O)C[C@H](N)C(=O)O. The van der Waals surface area contributed by atoms with Crippen LogP contribution < -0.4 is 15.8 Å². The van der Waals surface area contributed by atoms with Gasteiger partial charge in [0.25, 0.3) is 0 Å². The standard InChI is InChI=1S/C12H16N2O4/c1-18-10-5-3-2-4-8(10)7-14-11(15)6-9(13)12(16)17/h2-5,9H,6-7,13H2,1H3,(H,14,15)(H,16,17)/t9-/m0/s1. The van der Waals surface area contributed by atoms with Crippen molar-refractivity contribution in [2.24, 2.45) is 5.73 Å². The fraction of sp³-hybridized carbons (Fsp3) is 0.333. The van der Waals surface area contributed by atoms with Gasteiger partial charge in [0.15, 0.2) is 0 Å². The van der Waals surface area contributed by atoms with Crippen LogP contribution in [0.15, 0.2) is 24.3 Å². The van der Waals surface area contributed by atoms with Gasteiger partial charge in [-0.3, -0.25) is 9.59 Å². The lowest BCUT2D eigenvalue weighted by Crippen LogP contribution is -2.36. The Morgan fingerprint density at radius 2 is 2.11 bits per heavy atom. The number of carboxylic acids is 1. The number of carboxylic acid groups (broad SMARTS) is 1. The molecule has 0 aliphatic heterocycles. The highest BCUT2D eigenvalue weighted by Crippen LogP contribution is 2.16. The van der Waals surface area contributed by atoms with E-state index in [1.54, 1.807) is 13.2 Å². The molecule has 18 heavy (non-hydrogen) atoms. The largest absolute Gasteiger partial charge is 0.496 e. The summed E-state index contributed by atoms with van der Waals surface area (Å²) in [5.41, 5.74) is 6.07. The van der Waals surface area contributed by atoms with Crippen LogP contribution in [0.1, 0.15) is 12.0 Å². The molecule has 1 amide bonds. The molecule has 0 saturated carbocycles. The summed E-state index contributed by atoms with van der Waals surface area (Å²) in [6, 6.07) is 6.07. The molecule has 0 aliphatic rings. The third-order valence-corrected chi connectivity index (χ3v) is 2.39. The van der Waals surface area contributed by atoms with Gasteiger partial charge in [-0.05, 0) is 6.07 Å². The van der Waals surface area contributed by atoms with Gasteiger partial charge in [-0.2, -0.15) is 0 Å². The zero-order valence-corrected chi connectivity index (χ0v) is 10.1. The molecular formula is C12H16N2O4. The highest BCUT2D eigenvalue weighted by atomic mass is 16.5. The molecule has 4 N–H and O–H groups in total. The van der Waals surface area contributed by atoms with Gasteiger partial charge < -0.3 is 20.9 Å². The Kier molecular flexibility index (Phi) is 5.13. The summed E-state index contributed by atoms with van der Waals surface area (Å²) in [7, 11) is 1.54. The van der Waals surface area contributed by atoms with Crippen molar-refractivity contribution in [1.82, 2.24) is 5.32 Å². The van der Waals surface area contributed by atoms with Crippen molar-refractivity contribution in [2.45, 2.75) is 19.0 Å². The topological polar surface area (TPSA) is 102 Å². The van der Waals surface area contributed by atoms with Gasteiger partial charge in [-0.15, -0.1) is 0 Å². The minimum Gasteiger partial charge on any atom is -0.496 e. The van der Waals surface area contributed by atoms with E-state index in [1.807, 2.05) is 18.2 Å². The minimum atomic E-state index is -1.19. The van der Waals surface area contributed by atoms with Crippen molar-refractivity contribution in [2.75, 3.05) is 7.11 Å². The number of carbonyl (C=O) groups excluding carboxylic acids is 1. The van der Waals surface area contributed by atoms with Gasteiger partial charge in [-0.1, -0.05) is 18.2 Å².